The van der Waals surface area contributed by atoms with Crippen LogP contribution in [0.4, 0.5) is 0 Å². The SMILES string of the molecule is CCC1OC(=O)[C@@H](OC2CC(C)(OC)C(O)C(C)O2)C[C@@H](C)[C@@H](OC2OC(C)CC(N(C)C)C2OC(C)=O)[C@](C)(O)C[C@@H](C)C(=O)[C@H](C)[C@H](O)[C@]1(C)O. The van der Waals surface area contributed by atoms with E-state index in [0.29, 0.717) is 6.42 Å². The number of ketones is 1. The molecule has 0 aromatic rings. The molecule has 0 aliphatic carbocycles. The van der Waals surface area contributed by atoms with E-state index < -0.39 is 108 Å². The van der Waals surface area contributed by atoms with Crippen LogP contribution in [0, 0.1) is 17.8 Å². The lowest BCUT2D eigenvalue weighted by atomic mass is 9.75. The second-order valence-electron chi connectivity index (χ2n) is 16.6. The van der Waals surface area contributed by atoms with E-state index in [2.05, 4.69) is 0 Å². The third-order valence-corrected chi connectivity index (χ3v) is 11.6. The maximum Gasteiger partial charge on any atom is 0.335 e. The number of carbonyl (C=O) groups excluding carboxylic acids is 3. The van der Waals surface area contributed by atoms with Gasteiger partial charge in [0.25, 0.3) is 0 Å². The lowest BCUT2D eigenvalue weighted by Crippen LogP contribution is -2.60. The Morgan fingerprint density at radius 1 is 0.943 bits per heavy atom. The van der Waals surface area contributed by atoms with Crippen molar-refractivity contribution in [3.63, 3.8) is 0 Å². The summed E-state index contributed by atoms with van der Waals surface area (Å²) in [7, 11) is 5.18. The van der Waals surface area contributed by atoms with E-state index in [1.54, 1.807) is 34.6 Å². The van der Waals surface area contributed by atoms with Crippen molar-refractivity contribution in [2.45, 2.75) is 186 Å². The van der Waals surface area contributed by atoms with Crippen molar-refractivity contribution >= 4 is 17.7 Å². The fraction of sp³-hybridized carbons (Fsp3) is 0.921. The van der Waals surface area contributed by atoms with Gasteiger partial charge in [0, 0.05) is 32.3 Å². The molecule has 3 fully saturated rings. The first-order valence-electron chi connectivity index (χ1n) is 19.0. The lowest BCUT2D eigenvalue weighted by molar-refractivity contribution is -0.303. The number of Topliss-reactive ketones (excluding diaryl/α,β-unsaturated/α-hetero) is 1. The summed E-state index contributed by atoms with van der Waals surface area (Å²) in [6.07, 6.45) is -10.0. The molecular formula is C38H67NO14. The van der Waals surface area contributed by atoms with E-state index in [9.17, 15) is 34.8 Å². The van der Waals surface area contributed by atoms with Crippen LogP contribution in [-0.4, -0.2) is 149 Å². The van der Waals surface area contributed by atoms with Crippen LogP contribution in [0.15, 0.2) is 0 Å². The van der Waals surface area contributed by atoms with Crippen molar-refractivity contribution in [2.75, 3.05) is 21.2 Å². The molecular weight excluding hydrogens is 694 g/mol. The number of aliphatic hydroxyl groups is 4. The molecule has 17 atom stereocenters. The summed E-state index contributed by atoms with van der Waals surface area (Å²) in [4.78, 5) is 42.2. The first-order chi connectivity index (χ1) is 24.4. The number of carbonyl (C=O) groups is 3. The van der Waals surface area contributed by atoms with Crippen LogP contribution in [0.2, 0.25) is 0 Å². The summed E-state index contributed by atoms with van der Waals surface area (Å²) in [5, 5.41) is 46.1. The van der Waals surface area contributed by atoms with Gasteiger partial charge < -0.3 is 58.5 Å². The monoisotopic (exact) mass is 761 g/mol. The Kier molecular flexibility index (Phi) is 15.5. The highest BCUT2D eigenvalue weighted by atomic mass is 16.7. The number of likely N-dealkylation sites (N-methyl/N-ethyl adjacent to an activating group) is 1. The average Bonchev–Trinajstić information content (AvgIpc) is 3.06. The van der Waals surface area contributed by atoms with Crippen LogP contribution in [-0.2, 0) is 47.5 Å². The predicted octanol–water partition coefficient (Wildman–Crippen LogP) is 2.11. The summed E-state index contributed by atoms with van der Waals surface area (Å²) in [5.41, 5.74) is -4.87. The van der Waals surface area contributed by atoms with Gasteiger partial charge in [0.05, 0.1) is 41.7 Å². The van der Waals surface area contributed by atoms with Crippen LogP contribution >= 0.6 is 0 Å². The van der Waals surface area contributed by atoms with Gasteiger partial charge in [-0.1, -0.05) is 27.7 Å². The summed E-state index contributed by atoms with van der Waals surface area (Å²) in [5.74, 6) is -4.48. The molecule has 3 aliphatic rings. The molecule has 308 valence electrons. The third kappa shape index (κ3) is 10.5. The van der Waals surface area contributed by atoms with Crippen LogP contribution in [0.3, 0.4) is 0 Å². The summed E-state index contributed by atoms with van der Waals surface area (Å²) in [6.45, 7) is 15.9. The predicted molar refractivity (Wildman–Crippen MR) is 191 cm³/mol. The molecule has 3 saturated heterocycles. The van der Waals surface area contributed by atoms with Gasteiger partial charge in [0.1, 0.15) is 23.6 Å². The molecule has 53 heavy (non-hydrogen) atoms. The molecule has 0 spiro atoms. The number of cyclic esters (lactones) is 1. The highest BCUT2D eigenvalue weighted by Crippen LogP contribution is 2.39. The zero-order valence-electron chi connectivity index (χ0n) is 33.9. The average molecular weight is 762 g/mol. The Balaban J connectivity index is 2.14. The van der Waals surface area contributed by atoms with E-state index in [0.717, 1.165) is 0 Å². The van der Waals surface area contributed by atoms with Crippen LogP contribution in [0.5, 0.6) is 0 Å². The van der Waals surface area contributed by atoms with Crippen LogP contribution < -0.4 is 0 Å². The van der Waals surface area contributed by atoms with Gasteiger partial charge in [-0.15, -0.1) is 0 Å². The maximum atomic E-state index is 14.2. The number of esters is 2. The fourth-order valence-electron chi connectivity index (χ4n) is 8.41. The quantitative estimate of drug-likeness (QED) is 0.262. The molecule has 0 bridgehead atoms. The minimum atomic E-state index is -2.04. The topological polar surface area (TPSA) is 200 Å². The van der Waals surface area contributed by atoms with Gasteiger partial charge in [-0.3, -0.25) is 9.59 Å². The zero-order chi connectivity index (χ0) is 40.4. The maximum absolute atomic E-state index is 14.2. The summed E-state index contributed by atoms with van der Waals surface area (Å²) in [6, 6.07) is -0.296. The van der Waals surface area contributed by atoms with E-state index in [1.807, 2.05) is 25.9 Å². The van der Waals surface area contributed by atoms with Crippen LogP contribution in [0.1, 0.15) is 101 Å². The molecule has 9 unspecified atom stereocenters. The fourth-order valence-corrected chi connectivity index (χ4v) is 8.41. The summed E-state index contributed by atoms with van der Waals surface area (Å²) < 4.78 is 42.6. The number of methoxy groups -OCH3 is 1. The van der Waals surface area contributed by atoms with E-state index in [4.69, 9.17) is 33.2 Å². The van der Waals surface area contributed by atoms with Gasteiger partial charge in [0.15, 0.2) is 24.8 Å². The smallest absolute Gasteiger partial charge is 0.335 e. The molecule has 3 rings (SSSR count). The molecule has 15 nitrogen and oxygen atoms in total. The van der Waals surface area contributed by atoms with E-state index >= 15 is 0 Å². The van der Waals surface area contributed by atoms with Crippen molar-refractivity contribution in [1.82, 2.24) is 4.90 Å². The van der Waals surface area contributed by atoms with Crippen molar-refractivity contribution < 1.29 is 68.0 Å². The molecule has 0 radical (unpaired) electrons. The van der Waals surface area contributed by atoms with Gasteiger partial charge in [-0.25, -0.2) is 4.79 Å². The molecule has 15 heteroatoms. The number of ether oxygens (including phenoxy) is 7. The molecule has 0 aromatic heterocycles. The Labute approximate surface area is 314 Å². The Morgan fingerprint density at radius 3 is 2.11 bits per heavy atom. The molecule has 0 aromatic carbocycles. The zero-order valence-corrected chi connectivity index (χ0v) is 33.9. The first kappa shape index (κ1) is 45.6. The van der Waals surface area contributed by atoms with Crippen molar-refractivity contribution in [2.24, 2.45) is 17.8 Å². The number of nitrogens with zero attached hydrogens (tertiary/aromatic N) is 1. The number of hydrogen-bond donors (Lipinski definition) is 4. The van der Waals surface area contributed by atoms with Crippen molar-refractivity contribution in [1.29, 1.82) is 0 Å². The van der Waals surface area contributed by atoms with E-state index in [-0.39, 0.29) is 37.8 Å². The van der Waals surface area contributed by atoms with Crippen molar-refractivity contribution in [3.8, 4) is 0 Å². The molecule has 4 N–H and O–H groups in total. The van der Waals surface area contributed by atoms with Crippen molar-refractivity contribution in [3.05, 3.63) is 0 Å². The van der Waals surface area contributed by atoms with Gasteiger partial charge >= 0.3 is 11.9 Å². The van der Waals surface area contributed by atoms with Gasteiger partial charge in [-0.05, 0) is 80.3 Å². The highest BCUT2D eigenvalue weighted by Gasteiger charge is 2.52. The number of rotatable bonds is 8. The minimum Gasteiger partial charge on any atom is -0.457 e. The lowest BCUT2D eigenvalue weighted by Gasteiger charge is -2.47. The second kappa shape index (κ2) is 18.0. The molecule has 0 amide bonds. The van der Waals surface area contributed by atoms with Gasteiger partial charge in [0.2, 0.25) is 0 Å². The Bertz CT molecular complexity index is 1250. The molecule has 3 aliphatic heterocycles. The second-order valence-corrected chi connectivity index (χ2v) is 16.6. The normalized spacial score (nSPS) is 46.8. The Morgan fingerprint density at radius 2 is 1.57 bits per heavy atom. The number of hydrogen-bond acceptors (Lipinski definition) is 15. The molecule has 3 heterocycles. The number of aliphatic hydroxyl groups excluding tert-OH is 2. The first-order valence-corrected chi connectivity index (χ1v) is 19.0. The largest absolute Gasteiger partial charge is 0.457 e. The summed E-state index contributed by atoms with van der Waals surface area (Å²) >= 11 is 0. The molecule has 0 saturated carbocycles. The van der Waals surface area contributed by atoms with E-state index in [1.165, 1.54) is 34.8 Å². The Hall–Kier alpha value is -1.79. The van der Waals surface area contributed by atoms with Gasteiger partial charge in [-0.2, -0.15) is 0 Å². The standard InChI is InChI=1S/C38H67NO14/c1-14-27-38(10,46)31(42)22(5)29(41)20(3)17-36(8,45)33(53-35-30(50-24(7)40)25(39(11)12)16-21(4)48-35)19(2)15-26(34(44)52-27)51-28-18-37(9,47-13)32(43)23(6)49-28/h19-23,25-28,30-33,35,42-43,45-46H,14-18H2,1-13H3/t19-,20-,21?,22+,23?,25?,26+,27?,28?,30?,31+,32?,33-,35?,36-,37?,38-/m1/s1. The highest BCUT2D eigenvalue weighted by molar-refractivity contribution is 5.83. The van der Waals surface area contributed by atoms with Crippen LogP contribution in [0.25, 0.3) is 0 Å². The third-order valence-electron chi connectivity index (χ3n) is 11.6. The minimum absolute atomic E-state index is 0.0549.